The van der Waals surface area contributed by atoms with Crippen LogP contribution in [0.1, 0.15) is 30.5 Å². The van der Waals surface area contributed by atoms with E-state index < -0.39 is 0 Å². The summed E-state index contributed by atoms with van der Waals surface area (Å²) in [5, 5.41) is 3.50. The summed E-state index contributed by atoms with van der Waals surface area (Å²) in [6, 6.07) is 4.24. The number of likely N-dealkylation sites (tertiary alicyclic amines) is 1. The highest BCUT2D eigenvalue weighted by atomic mass is 15.1. The second-order valence-electron chi connectivity index (χ2n) is 5.54. The maximum atomic E-state index is 4.40. The first kappa shape index (κ1) is 13.5. The van der Waals surface area contributed by atoms with Crippen LogP contribution in [0, 0.1) is 12.8 Å². The Labute approximate surface area is 111 Å². The first-order valence-electron chi connectivity index (χ1n) is 7.05. The molecule has 18 heavy (non-hydrogen) atoms. The molecule has 0 atom stereocenters. The van der Waals surface area contributed by atoms with E-state index in [2.05, 4.69) is 41.3 Å². The monoisotopic (exact) mass is 247 g/mol. The molecule has 2 heterocycles. The number of nitrogens with one attached hydrogen (secondary N) is 1. The molecule has 0 spiro atoms. The van der Waals surface area contributed by atoms with Crippen LogP contribution in [0.4, 0.5) is 0 Å². The van der Waals surface area contributed by atoms with Crippen molar-refractivity contribution in [3.8, 4) is 0 Å². The Balaban J connectivity index is 1.60. The summed E-state index contributed by atoms with van der Waals surface area (Å²) < 4.78 is 0. The molecule has 100 valence electrons. The van der Waals surface area contributed by atoms with Crippen LogP contribution < -0.4 is 5.32 Å². The van der Waals surface area contributed by atoms with Gasteiger partial charge in [-0.1, -0.05) is 6.07 Å². The average molecular weight is 247 g/mol. The van der Waals surface area contributed by atoms with E-state index in [-0.39, 0.29) is 0 Å². The van der Waals surface area contributed by atoms with Gasteiger partial charge in [-0.05, 0) is 70.4 Å². The number of hydrogen-bond acceptors (Lipinski definition) is 3. The molecule has 1 saturated heterocycles. The van der Waals surface area contributed by atoms with E-state index in [9.17, 15) is 0 Å². The molecule has 1 aliphatic rings. The lowest BCUT2D eigenvalue weighted by Crippen LogP contribution is -2.31. The largest absolute Gasteiger partial charge is 0.311 e. The minimum atomic E-state index is 0.896. The zero-order valence-electron chi connectivity index (χ0n) is 11.7. The first-order valence-corrected chi connectivity index (χ1v) is 7.05. The second-order valence-corrected chi connectivity index (χ2v) is 5.54. The Morgan fingerprint density at radius 2 is 2.11 bits per heavy atom. The van der Waals surface area contributed by atoms with Gasteiger partial charge in [0.15, 0.2) is 0 Å². The minimum Gasteiger partial charge on any atom is -0.311 e. The molecule has 0 aliphatic carbocycles. The molecule has 0 amide bonds. The van der Waals surface area contributed by atoms with Crippen molar-refractivity contribution < 1.29 is 0 Å². The van der Waals surface area contributed by atoms with Crippen LogP contribution in [-0.2, 0) is 6.54 Å². The molecular formula is C15H25N3. The summed E-state index contributed by atoms with van der Waals surface area (Å²) in [5.41, 5.74) is 2.37. The van der Waals surface area contributed by atoms with Crippen molar-refractivity contribution in [3.63, 3.8) is 0 Å². The summed E-state index contributed by atoms with van der Waals surface area (Å²) in [5.74, 6) is 0.916. The predicted molar refractivity (Wildman–Crippen MR) is 75.5 cm³/mol. The van der Waals surface area contributed by atoms with Crippen molar-refractivity contribution in [1.82, 2.24) is 15.2 Å². The van der Waals surface area contributed by atoms with E-state index in [1.165, 1.54) is 37.9 Å². The van der Waals surface area contributed by atoms with Crippen molar-refractivity contribution in [1.29, 1.82) is 0 Å². The number of rotatable bonds is 5. The van der Waals surface area contributed by atoms with Gasteiger partial charge in [-0.3, -0.25) is 4.98 Å². The van der Waals surface area contributed by atoms with Crippen molar-refractivity contribution in [2.75, 3.05) is 26.7 Å². The van der Waals surface area contributed by atoms with Gasteiger partial charge in [-0.15, -0.1) is 0 Å². The summed E-state index contributed by atoms with van der Waals surface area (Å²) in [7, 11) is 2.22. The molecule has 0 saturated carbocycles. The Morgan fingerprint density at radius 3 is 2.78 bits per heavy atom. The fourth-order valence-corrected chi connectivity index (χ4v) is 2.48. The van der Waals surface area contributed by atoms with Gasteiger partial charge >= 0.3 is 0 Å². The van der Waals surface area contributed by atoms with E-state index in [4.69, 9.17) is 0 Å². The molecule has 1 aromatic heterocycles. The zero-order chi connectivity index (χ0) is 12.8. The van der Waals surface area contributed by atoms with Gasteiger partial charge in [0.2, 0.25) is 0 Å². The third kappa shape index (κ3) is 4.39. The lowest BCUT2D eigenvalue weighted by molar-refractivity contribution is 0.211. The average Bonchev–Trinajstić information content (AvgIpc) is 2.39. The fraction of sp³-hybridized carbons (Fsp3) is 0.667. The maximum Gasteiger partial charge on any atom is 0.0541 e. The van der Waals surface area contributed by atoms with Crippen LogP contribution in [0.5, 0.6) is 0 Å². The van der Waals surface area contributed by atoms with Gasteiger partial charge in [0.25, 0.3) is 0 Å². The van der Waals surface area contributed by atoms with E-state index >= 15 is 0 Å². The quantitative estimate of drug-likeness (QED) is 0.809. The van der Waals surface area contributed by atoms with Crippen LogP contribution in [0.2, 0.25) is 0 Å². The third-order valence-electron chi connectivity index (χ3n) is 3.85. The molecule has 0 unspecified atom stereocenters. The van der Waals surface area contributed by atoms with Crippen molar-refractivity contribution >= 4 is 0 Å². The lowest BCUT2D eigenvalue weighted by Gasteiger charge is -2.28. The SMILES string of the molecule is Cc1ccc(CNCCC2CCN(C)CC2)nc1. The maximum absolute atomic E-state index is 4.40. The number of pyridine rings is 1. The molecule has 0 bridgehead atoms. The Kier molecular flexibility index (Phi) is 5.14. The van der Waals surface area contributed by atoms with E-state index in [0.717, 1.165) is 24.7 Å². The number of nitrogens with zero attached hydrogens (tertiary/aromatic N) is 2. The standard InChI is InChI=1S/C15H25N3/c1-13-3-4-15(17-11-13)12-16-8-5-14-6-9-18(2)10-7-14/h3-4,11,14,16H,5-10,12H2,1-2H3. The highest BCUT2D eigenvalue weighted by Gasteiger charge is 2.15. The summed E-state index contributed by atoms with van der Waals surface area (Å²) in [6.07, 6.45) is 5.97. The molecule has 0 radical (unpaired) electrons. The Bertz CT molecular complexity index is 339. The lowest BCUT2D eigenvalue weighted by atomic mass is 9.94. The molecule has 1 N–H and O–H groups in total. The van der Waals surface area contributed by atoms with Crippen LogP contribution in [0.25, 0.3) is 0 Å². The topological polar surface area (TPSA) is 28.2 Å². The fourth-order valence-electron chi connectivity index (χ4n) is 2.48. The third-order valence-corrected chi connectivity index (χ3v) is 3.85. The summed E-state index contributed by atoms with van der Waals surface area (Å²) in [4.78, 5) is 6.83. The molecular weight excluding hydrogens is 222 g/mol. The van der Waals surface area contributed by atoms with Crippen LogP contribution >= 0.6 is 0 Å². The van der Waals surface area contributed by atoms with Crippen molar-refractivity contribution in [2.45, 2.75) is 32.7 Å². The van der Waals surface area contributed by atoms with Gasteiger partial charge in [-0.25, -0.2) is 0 Å². The molecule has 1 aromatic rings. The first-order chi connectivity index (χ1) is 8.74. The van der Waals surface area contributed by atoms with Crippen molar-refractivity contribution in [3.05, 3.63) is 29.6 Å². The molecule has 1 aliphatic heterocycles. The number of piperidine rings is 1. The molecule has 2 rings (SSSR count). The van der Waals surface area contributed by atoms with Gasteiger partial charge < -0.3 is 10.2 Å². The normalized spacial score (nSPS) is 18.1. The van der Waals surface area contributed by atoms with Gasteiger partial charge in [0.05, 0.1) is 5.69 Å². The zero-order valence-corrected chi connectivity index (χ0v) is 11.7. The molecule has 3 heteroatoms. The van der Waals surface area contributed by atoms with Crippen LogP contribution in [0.15, 0.2) is 18.3 Å². The molecule has 0 aromatic carbocycles. The van der Waals surface area contributed by atoms with Gasteiger partial charge in [0.1, 0.15) is 0 Å². The van der Waals surface area contributed by atoms with E-state index in [1.807, 2.05) is 6.20 Å². The summed E-state index contributed by atoms with van der Waals surface area (Å²) in [6.45, 7) is 6.62. The minimum absolute atomic E-state index is 0.896. The number of aromatic nitrogens is 1. The molecule has 1 fully saturated rings. The van der Waals surface area contributed by atoms with Crippen LogP contribution in [0.3, 0.4) is 0 Å². The summed E-state index contributed by atoms with van der Waals surface area (Å²) >= 11 is 0. The molecule has 3 nitrogen and oxygen atoms in total. The Hall–Kier alpha value is -0.930. The van der Waals surface area contributed by atoms with Gasteiger partial charge in [0, 0.05) is 12.7 Å². The van der Waals surface area contributed by atoms with E-state index in [1.54, 1.807) is 0 Å². The van der Waals surface area contributed by atoms with Crippen molar-refractivity contribution in [2.24, 2.45) is 5.92 Å². The Morgan fingerprint density at radius 1 is 1.33 bits per heavy atom. The second kappa shape index (κ2) is 6.86. The highest BCUT2D eigenvalue weighted by Crippen LogP contribution is 2.18. The number of aryl methyl sites for hydroxylation is 1. The van der Waals surface area contributed by atoms with Gasteiger partial charge in [-0.2, -0.15) is 0 Å². The number of hydrogen-bond donors (Lipinski definition) is 1. The predicted octanol–water partition coefficient (Wildman–Crippen LogP) is 2.21. The van der Waals surface area contributed by atoms with Crippen LogP contribution in [-0.4, -0.2) is 36.6 Å². The highest BCUT2D eigenvalue weighted by molar-refractivity contribution is 5.11. The van der Waals surface area contributed by atoms with E-state index in [0.29, 0.717) is 0 Å². The smallest absolute Gasteiger partial charge is 0.0541 e.